The average molecular weight is 186 g/mol. The molecule has 0 aliphatic carbocycles. The molecule has 0 aromatic heterocycles. The molecular formula is C6H9F3OS. The molecule has 0 bridgehead atoms. The average Bonchev–Trinajstić information content (AvgIpc) is 1.86. The molecule has 0 N–H and O–H groups in total. The summed E-state index contributed by atoms with van der Waals surface area (Å²) >= 11 is 3.96. The van der Waals surface area contributed by atoms with Gasteiger partial charge in [0.2, 0.25) is 0 Å². The van der Waals surface area contributed by atoms with Gasteiger partial charge in [-0.2, -0.15) is 13.2 Å². The van der Waals surface area contributed by atoms with Crippen LogP contribution in [0.1, 0.15) is 19.8 Å². The fraction of sp³-hybridized carbons (Fsp3) is 0.833. The van der Waals surface area contributed by atoms with Gasteiger partial charge in [0.1, 0.15) is 0 Å². The molecule has 11 heavy (non-hydrogen) atoms. The van der Waals surface area contributed by atoms with Crippen molar-refractivity contribution in [2.24, 2.45) is 0 Å². The standard InChI is InChI=1S/C6H9F3OS/c1-2-3-4-10-5(11)6(7,8)9/h2-4H2,1H3. The molecule has 0 saturated heterocycles. The van der Waals surface area contributed by atoms with Gasteiger partial charge in [-0.25, -0.2) is 0 Å². The number of unbranched alkanes of at least 4 members (excludes halogenated alkanes) is 1. The molecule has 0 heterocycles. The summed E-state index contributed by atoms with van der Waals surface area (Å²) < 4.78 is 39.1. The lowest BCUT2D eigenvalue weighted by atomic mass is 10.4. The fourth-order valence-corrected chi connectivity index (χ4v) is 0.474. The Hall–Kier alpha value is -0.320. The summed E-state index contributed by atoms with van der Waals surface area (Å²) in [6, 6.07) is 0. The van der Waals surface area contributed by atoms with Crippen molar-refractivity contribution in [2.45, 2.75) is 25.9 Å². The molecule has 0 aliphatic heterocycles. The smallest absolute Gasteiger partial charge is 0.460 e. The van der Waals surface area contributed by atoms with Gasteiger partial charge in [-0.15, -0.1) is 0 Å². The first-order valence-corrected chi connectivity index (χ1v) is 3.63. The highest BCUT2D eigenvalue weighted by Gasteiger charge is 2.35. The summed E-state index contributed by atoms with van der Waals surface area (Å²) in [7, 11) is 0. The second kappa shape index (κ2) is 4.54. The Morgan fingerprint density at radius 3 is 2.36 bits per heavy atom. The molecule has 0 radical (unpaired) electrons. The van der Waals surface area contributed by atoms with Gasteiger partial charge in [0.15, 0.2) is 0 Å². The lowest BCUT2D eigenvalue weighted by Gasteiger charge is -2.08. The van der Waals surface area contributed by atoms with E-state index in [1.54, 1.807) is 0 Å². The van der Waals surface area contributed by atoms with Crippen molar-refractivity contribution in [1.29, 1.82) is 0 Å². The maximum atomic E-state index is 11.6. The first-order valence-electron chi connectivity index (χ1n) is 3.22. The van der Waals surface area contributed by atoms with Gasteiger partial charge in [-0.05, 0) is 18.6 Å². The fourth-order valence-electron chi connectivity index (χ4n) is 0.391. The monoisotopic (exact) mass is 186 g/mol. The SMILES string of the molecule is CCCCOC(=S)C(F)(F)F. The minimum atomic E-state index is -4.48. The number of ether oxygens (including phenoxy) is 1. The van der Waals surface area contributed by atoms with Crippen LogP contribution in [0.2, 0.25) is 0 Å². The van der Waals surface area contributed by atoms with Crippen LogP contribution >= 0.6 is 12.2 Å². The molecule has 0 fully saturated rings. The molecule has 0 aromatic rings. The van der Waals surface area contributed by atoms with Crippen molar-refractivity contribution in [3.8, 4) is 0 Å². The van der Waals surface area contributed by atoms with Crippen LogP contribution in [0, 0.1) is 0 Å². The number of alkyl halides is 3. The first-order chi connectivity index (χ1) is 4.98. The van der Waals surface area contributed by atoms with E-state index in [0.29, 0.717) is 6.42 Å². The van der Waals surface area contributed by atoms with E-state index in [1.807, 2.05) is 6.92 Å². The van der Waals surface area contributed by atoms with Crippen LogP contribution in [-0.4, -0.2) is 17.8 Å². The Morgan fingerprint density at radius 2 is 2.00 bits per heavy atom. The number of rotatable bonds is 3. The lowest BCUT2D eigenvalue weighted by molar-refractivity contribution is -0.0745. The zero-order valence-electron chi connectivity index (χ0n) is 6.07. The highest BCUT2D eigenvalue weighted by atomic mass is 32.1. The molecule has 0 aliphatic rings. The number of hydrogen-bond donors (Lipinski definition) is 0. The minimum absolute atomic E-state index is 0.0504. The molecule has 0 aromatic carbocycles. The van der Waals surface area contributed by atoms with Crippen molar-refractivity contribution >= 4 is 17.3 Å². The second-order valence-electron chi connectivity index (χ2n) is 1.99. The molecule has 0 amide bonds. The second-order valence-corrected chi connectivity index (χ2v) is 2.36. The zero-order chi connectivity index (χ0) is 8.91. The van der Waals surface area contributed by atoms with Gasteiger partial charge in [-0.1, -0.05) is 13.3 Å². The van der Waals surface area contributed by atoms with Gasteiger partial charge in [-0.3, -0.25) is 0 Å². The summed E-state index contributed by atoms with van der Waals surface area (Å²) in [6.45, 7) is 1.91. The summed E-state index contributed by atoms with van der Waals surface area (Å²) in [5, 5.41) is -1.27. The maximum absolute atomic E-state index is 11.6. The molecule has 0 unspecified atom stereocenters. The maximum Gasteiger partial charge on any atom is 0.460 e. The lowest BCUT2D eigenvalue weighted by Crippen LogP contribution is -2.23. The van der Waals surface area contributed by atoms with Crippen LogP contribution in [0.25, 0.3) is 0 Å². The van der Waals surface area contributed by atoms with Crippen LogP contribution in [0.4, 0.5) is 13.2 Å². The van der Waals surface area contributed by atoms with E-state index in [1.165, 1.54) is 0 Å². The van der Waals surface area contributed by atoms with Gasteiger partial charge in [0.25, 0.3) is 5.05 Å². The number of halogens is 3. The molecule has 5 heteroatoms. The van der Waals surface area contributed by atoms with Crippen molar-refractivity contribution in [2.75, 3.05) is 6.61 Å². The van der Waals surface area contributed by atoms with Crippen molar-refractivity contribution in [3.05, 3.63) is 0 Å². The zero-order valence-corrected chi connectivity index (χ0v) is 6.89. The summed E-state index contributed by atoms with van der Waals surface area (Å²) in [4.78, 5) is 0. The largest absolute Gasteiger partial charge is 0.480 e. The number of thiocarbonyl (C=S) groups is 1. The van der Waals surface area contributed by atoms with Gasteiger partial charge >= 0.3 is 6.18 Å². The first kappa shape index (κ1) is 10.7. The third-order valence-corrected chi connectivity index (χ3v) is 1.31. The summed E-state index contributed by atoms with van der Waals surface area (Å²) in [5.41, 5.74) is 0. The summed E-state index contributed by atoms with van der Waals surface area (Å²) in [5.74, 6) is 0. The predicted molar refractivity (Wildman–Crippen MR) is 39.5 cm³/mol. The van der Waals surface area contributed by atoms with Crippen molar-refractivity contribution in [1.82, 2.24) is 0 Å². The Kier molecular flexibility index (Phi) is 4.40. The molecular weight excluding hydrogens is 177 g/mol. The Morgan fingerprint density at radius 1 is 1.45 bits per heavy atom. The molecule has 1 nitrogen and oxygen atoms in total. The topological polar surface area (TPSA) is 9.23 Å². The van der Waals surface area contributed by atoms with E-state index in [-0.39, 0.29) is 6.61 Å². The van der Waals surface area contributed by atoms with Gasteiger partial charge in [0.05, 0.1) is 6.61 Å². The van der Waals surface area contributed by atoms with E-state index in [0.717, 1.165) is 6.42 Å². The number of hydrogen-bond acceptors (Lipinski definition) is 2. The predicted octanol–water partition coefficient (Wildman–Crippen LogP) is 2.69. The molecule has 0 rings (SSSR count). The van der Waals surface area contributed by atoms with E-state index in [9.17, 15) is 13.2 Å². The highest BCUT2D eigenvalue weighted by molar-refractivity contribution is 7.80. The van der Waals surface area contributed by atoms with Crippen molar-refractivity contribution < 1.29 is 17.9 Å². The molecule has 0 saturated carbocycles. The van der Waals surface area contributed by atoms with E-state index >= 15 is 0 Å². The highest BCUT2D eigenvalue weighted by Crippen LogP contribution is 2.18. The summed E-state index contributed by atoms with van der Waals surface area (Å²) in [6.07, 6.45) is -3.10. The van der Waals surface area contributed by atoms with E-state index in [2.05, 4.69) is 17.0 Å². The minimum Gasteiger partial charge on any atom is -0.480 e. The molecule has 0 atom stereocenters. The quantitative estimate of drug-likeness (QED) is 0.495. The third kappa shape index (κ3) is 5.01. The molecule has 66 valence electrons. The van der Waals surface area contributed by atoms with Crippen LogP contribution in [0.15, 0.2) is 0 Å². The van der Waals surface area contributed by atoms with Crippen LogP contribution in [0.3, 0.4) is 0 Å². The van der Waals surface area contributed by atoms with Gasteiger partial charge < -0.3 is 4.74 Å². The molecule has 0 spiro atoms. The van der Waals surface area contributed by atoms with Crippen LogP contribution < -0.4 is 0 Å². The van der Waals surface area contributed by atoms with Crippen LogP contribution in [-0.2, 0) is 4.74 Å². The Balaban J connectivity index is 3.54. The van der Waals surface area contributed by atoms with Crippen molar-refractivity contribution in [3.63, 3.8) is 0 Å². The van der Waals surface area contributed by atoms with Crippen LogP contribution in [0.5, 0.6) is 0 Å². The Bertz CT molecular complexity index is 132. The van der Waals surface area contributed by atoms with Gasteiger partial charge in [0, 0.05) is 0 Å². The van der Waals surface area contributed by atoms with E-state index < -0.39 is 11.2 Å². The van der Waals surface area contributed by atoms with E-state index in [4.69, 9.17) is 0 Å². The third-order valence-electron chi connectivity index (χ3n) is 0.963. The Labute approximate surface area is 68.5 Å². The normalized spacial score (nSPS) is 11.3.